The Hall–Kier alpha value is -1.44. The van der Waals surface area contributed by atoms with Crippen molar-refractivity contribution in [1.29, 1.82) is 0 Å². The Morgan fingerprint density at radius 3 is 2.35 bits per heavy atom. The van der Waals surface area contributed by atoms with Crippen molar-refractivity contribution >= 4 is 18.5 Å². The maximum Gasteiger partial charge on any atom is 0.495 e. The summed E-state index contributed by atoms with van der Waals surface area (Å²) in [6.07, 6.45) is 0. The summed E-state index contributed by atoms with van der Waals surface area (Å²) in [6, 6.07) is 3.70. The molecule has 5 nitrogen and oxygen atoms in total. The van der Waals surface area contributed by atoms with Crippen LogP contribution in [0.1, 0.15) is 38.1 Å². The molecule has 7 heteroatoms. The van der Waals surface area contributed by atoms with Gasteiger partial charge in [-0.25, -0.2) is 4.39 Å². The number of carbonyl (C=O) groups is 1. The Kier molecular flexibility index (Phi) is 4.58. The molecule has 0 heterocycles. The van der Waals surface area contributed by atoms with Gasteiger partial charge in [0.1, 0.15) is 5.82 Å². The van der Waals surface area contributed by atoms with Gasteiger partial charge in [-0.2, -0.15) is 0 Å². The van der Waals surface area contributed by atoms with Crippen molar-refractivity contribution < 1.29 is 24.0 Å². The zero-order valence-electron chi connectivity index (χ0n) is 12.0. The summed E-state index contributed by atoms with van der Waals surface area (Å²) >= 11 is 0. The second-order valence-electron chi connectivity index (χ2n) is 5.60. The number of hydrogen-bond donors (Lipinski definition) is 3. The minimum Gasteiger partial charge on any atom is -0.423 e. The molecule has 0 spiro atoms. The van der Waals surface area contributed by atoms with E-state index in [1.165, 1.54) is 26.0 Å². The Morgan fingerprint density at radius 1 is 1.35 bits per heavy atom. The van der Waals surface area contributed by atoms with Crippen LogP contribution in [0.15, 0.2) is 18.2 Å². The molecule has 0 aliphatic heterocycles. The first-order valence-electron chi connectivity index (χ1n) is 6.14. The van der Waals surface area contributed by atoms with Gasteiger partial charge < -0.3 is 20.5 Å². The maximum atomic E-state index is 13.8. The number of carbonyl (C=O) groups excluding carboxylic acids is 1. The molecule has 0 fully saturated rings. The van der Waals surface area contributed by atoms with Crippen LogP contribution in [0.5, 0.6) is 0 Å². The summed E-state index contributed by atoms with van der Waals surface area (Å²) in [5.74, 6) is -1.68. The number of halogens is 1. The third-order valence-corrected chi connectivity index (χ3v) is 3.44. The third-order valence-electron chi connectivity index (χ3n) is 3.44. The van der Waals surface area contributed by atoms with E-state index in [0.717, 1.165) is 6.07 Å². The highest BCUT2D eigenvalue weighted by Gasteiger charge is 2.41. The standard InChI is InChI=1S/C13H19BFNO4/c1-12(2,18)13(3,4)20-14(19)10-8(11(16)17)6-5-7-9(10)15/h5-7,18-19H,1-4H3,(H2,16,17). The lowest BCUT2D eigenvalue weighted by Gasteiger charge is -2.38. The molecule has 0 aromatic heterocycles. The summed E-state index contributed by atoms with van der Waals surface area (Å²) in [5.41, 5.74) is 2.19. The second-order valence-corrected chi connectivity index (χ2v) is 5.60. The molecule has 0 aliphatic rings. The number of nitrogens with two attached hydrogens (primary N) is 1. The minimum atomic E-state index is -1.72. The average molecular weight is 283 g/mol. The quantitative estimate of drug-likeness (QED) is 0.672. The van der Waals surface area contributed by atoms with Crippen LogP contribution in [0, 0.1) is 5.82 Å². The molecular weight excluding hydrogens is 264 g/mol. The Morgan fingerprint density at radius 2 is 1.90 bits per heavy atom. The lowest BCUT2D eigenvalue weighted by Crippen LogP contribution is -2.54. The normalized spacial score (nSPS) is 12.3. The summed E-state index contributed by atoms with van der Waals surface area (Å²) in [7, 11) is -1.72. The summed E-state index contributed by atoms with van der Waals surface area (Å²) in [6.45, 7) is 6.08. The first-order valence-corrected chi connectivity index (χ1v) is 6.14. The maximum absolute atomic E-state index is 13.8. The number of benzene rings is 1. The summed E-state index contributed by atoms with van der Waals surface area (Å²) < 4.78 is 19.1. The van der Waals surface area contributed by atoms with Crippen LogP contribution >= 0.6 is 0 Å². The largest absolute Gasteiger partial charge is 0.495 e. The molecule has 4 N–H and O–H groups in total. The lowest BCUT2D eigenvalue weighted by atomic mass is 9.73. The van der Waals surface area contributed by atoms with Crippen molar-refractivity contribution in [3.05, 3.63) is 29.6 Å². The first-order chi connectivity index (χ1) is 8.97. The highest BCUT2D eigenvalue weighted by atomic mass is 19.1. The van der Waals surface area contributed by atoms with Crippen molar-refractivity contribution in [3.8, 4) is 0 Å². The number of aliphatic hydroxyl groups is 1. The van der Waals surface area contributed by atoms with Crippen LogP contribution in [0.2, 0.25) is 0 Å². The highest BCUT2D eigenvalue weighted by molar-refractivity contribution is 6.61. The highest BCUT2D eigenvalue weighted by Crippen LogP contribution is 2.25. The summed E-state index contributed by atoms with van der Waals surface area (Å²) in [5, 5.41) is 20.0. The van der Waals surface area contributed by atoms with Gasteiger partial charge in [-0.05, 0) is 39.8 Å². The van der Waals surface area contributed by atoms with Gasteiger partial charge in [-0.3, -0.25) is 4.79 Å². The molecule has 0 atom stereocenters. The fraction of sp³-hybridized carbons (Fsp3) is 0.462. The predicted octanol–water partition coefficient (Wildman–Crippen LogP) is 0.178. The van der Waals surface area contributed by atoms with Crippen LogP contribution < -0.4 is 11.2 Å². The van der Waals surface area contributed by atoms with Gasteiger partial charge in [0.25, 0.3) is 0 Å². The molecule has 0 saturated heterocycles. The van der Waals surface area contributed by atoms with Gasteiger partial charge in [0.05, 0.1) is 11.2 Å². The van der Waals surface area contributed by atoms with Crippen LogP contribution in [0.25, 0.3) is 0 Å². The van der Waals surface area contributed by atoms with E-state index in [1.54, 1.807) is 13.8 Å². The van der Waals surface area contributed by atoms with Gasteiger partial charge in [0.2, 0.25) is 5.91 Å². The average Bonchev–Trinajstić information content (AvgIpc) is 2.25. The molecular formula is C13H19BFNO4. The molecule has 110 valence electrons. The van der Waals surface area contributed by atoms with E-state index >= 15 is 0 Å². The third kappa shape index (κ3) is 3.36. The van der Waals surface area contributed by atoms with Crippen LogP contribution in [-0.4, -0.2) is 34.4 Å². The molecule has 0 saturated carbocycles. The molecule has 0 radical (unpaired) electrons. The molecule has 0 unspecified atom stereocenters. The zero-order chi connectivity index (χ0) is 15.7. The Labute approximate surface area is 117 Å². The number of amides is 1. The van der Waals surface area contributed by atoms with Crippen molar-refractivity contribution in [3.63, 3.8) is 0 Å². The van der Waals surface area contributed by atoms with Gasteiger partial charge in [0, 0.05) is 11.0 Å². The summed E-state index contributed by atoms with van der Waals surface area (Å²) in [4.78, 5) is 11.3. The predicted molar refractivity (Wildman–Crippen MR) is 74.0 cm³/mol. The number of primary amides is 1. The monoisotopic (exact) mass is 283 g/mol. The van der Waals surface area contributed by atoms with Crippen molar-refractivity contribution in [1.82, 2.24) is 0 Å². The van der Waals surface area contributed by atoms with Crippen molar-refractivity contribution in [2.24, 2.45) is 5.73 Å². The fourth-order valence-electron chi connectivity index (χ4n) is 1.49. The van der Waals surface area contributed by atoms with E-state index < -0.39 is 30.0 Å². The smallest absolute Gasteiger partial charge is 0.423 e. The second kappa shape index (κ2) is 5.51. The van der Waals surface area contributed by atoms with Crippen LogP contribution in [0.3, 0.4) is 0 Å². The van der Waals surface area contributed by atoms with Gasteiger partial charge in [-0.1, -0.05) is 6.07 Å². The number of hydrogen-bond acceptors (Lipinski definition) is 4. The molecule has 1 aromatic rings. The Balaban J connectivity index is 3.17. The molecule has 0 aliphatic carbocycles. The first kappa shape index (κ1) is 16.6. The lowest BCUT2D eigenvalue weighted by molar-refractivity contribution is -0.0983. The topological polar surface area (TPSA) is 92.8 Å². The molecule has 20 heavy (non-hydrogen) atoms. The van der Waals surface area contributed by atoms with E-state index in [2.05, 4.69) is 0 Å². The van der Waals surface area contributed by atoms with Crippen LogP contribution in [0.4, 0.5) is 4.39 Å². The van der Waals surface area contributed by atoms with E-state index in [1.807, 2.05) is 0 Å². The molecule has 0 bridgehead atoms. The van der Waals surface area contributed by atoms with Crippen molar-refractivity contribution in [2.45, 2.75) is 38.9 Å². The molecule has 1 aromatic carbocycles. The molecule has 1 rings (SSSR count). The SMILES string of the molecule is CC(C)(O)C(C)(C)OB(O)c1c(F)cccc1C(N)=O. The van der Waals surface area contributed by atoms with E-state index in [9.17, 15) is 19.3 Å². The number of rotatable bonds is 5. The zero-order valence-corrected chi connectivity index (χ0v) is 12.0. The fourth-order valence-corrected chi connectivity index (χ4v) is 1.49. The minimum absolute atomic E-state index is 0.163. The van der Waals surface area contributed by atoms with E-state index in [-0.39, 0.29) is 11.0 Å². The van der Waals surface area contributed by atoms with E-state index in [4.69, 9.17) is 10.4 Å². The van der Waals surface area contributed by atoms with Gasteiger partial charge >= 0.3 is 7.12 Å². The van der Waals surface area contributed by atoms with Gasteiger partial charge in [0.15, 0.2) is 0 Å². The van der Waals surface area contributed by atoms with Gasteiger partial charge in [-0.15, -0.1) is 0 Å². The van der Waals surface area contributed by atoms with E-state index in [0.29, 0.717) is 0 Å². The van der Waals surface area contributed by atoms with Crippen molar-refractivity contribution in [2.75, 3.05) is 0 Å². The molecule has 1 amide bonds. The van der Waals surface area contributed by atoms with Crippen LogP contribution in [-0.2, 0) is 4.65 Å². The Bertz CT molecular complexity index is 514.